The molecule has 118 valence electrons. The monoisotopic (exact) mass is 294 g/mol. The van der Waals surface area contributed by atoms with Crippen LogP contribution in [0.1, 0.15) is 39.4 Å². The van der Waals surface area contributed by atoms with E-state index in [9.17, 15) is 4.79 Å². The average molecular weight is 294 g/mol. The smallest absolute Gasteiger partial charge is 0.239 e. The molecular weight excluding hydrogens is 268 g/mol. The molecular formula is C14H26N6O. The van der Waals surface area contributed by atoms with Crippen molar-refractivity contribution >= 4 is 17.5 Å². The molecule has 21 heavy (non-hydrogen) atoms. The third-order valence-corrected chi connectivity index (χ3v) is 2.87. The molecule has 0 fully saturated rings. The van der Waals surface area contributed by atoms with Crippen molar-refractivity contribution in [2.75, 3.05) is 30.5 Å². The summed E-state index contributed by atoms with van der Waals surface area (Å²) in [5.74, 6) is 7.91. The van der Waals surface area contributed by atoms with E-state index in [0.29, 0.717) is 29.9 Å². The lowest BCUT2D eigenvalue weighted by atomic mass is 10.2. The Labute approximate surface area is 126 Å². The molecule has 1 rings (SSSR count). The second-order valence-electron chi connectivity index (χ2n) is 5.82. The molecule has 4 N–H and O–H groups in total. The Morgan fingerprint density at radius 1 is 1.33 bits per heavy atom. The van der Waals surface area contributed by atoms with E-state index in [4.69, 9.17) is 5.84 Å². The van der Waals surface area contributed by atoms with Gasteiger partial charge in [-0.1, -0.05) is 27.7 Å². The summed E-state index contributed by atoms with van der Waals surface area (Å²) in [7, 11) is 1.82. The quantitative estimate of drug-likeness (QED) is 0.514. The van der Waals surface area contributed by atoms with Gasteiger partial charge < -0.3 is 15.6 Å². The number of nitrogens with two attached hydrogens (primary N) is 1. The first-order valence-corrected chi connectivity index (χ1v) is 7.17. The van der Waals surface area contributed by atoms with Crippen molar-refractivity contribution in [3.8, 4) is 0 Å². The maximum Gasteiger partial charge on any atom is 0.239 e. The lowest BCUT2D eigenvalue weighted by Gasteiger charge is -2.20. The summed E-state index contributed by atoms with van der Waals surface area (Å²) in [6, 6.07) is 1.72. The number of likely N-dealkylation sites (N-methyl/N-ethyl adjacent to an activating group) is 1. The van der Waals surface area contributed by atoms with Crippen LogP contribution in [0.4, 0.5) is 11.6 Å². The second kappa shape index (κ2) is 7.78. The number of carbonyl (C=O) groups excluding carboxylic acids is 1. The number of amides is 1. The molecule has 0 aliphatic heterocycles. The van der Waals surface area contributed by atoms with E-state index in [0.717, 1.165) is 0 Å². The van der Waals surface area contributed by atoms with Gasteiger partial charge in [-0.3, -0.25) is 4.79 Å². The van der Waals surface area contributed by atoms with Gasteiger partial charge in [0.15, 0.2) is 0 Å². The van der Waals surface area contributed by atoms with Gasteiger partial charge in [-0.15, -0.1) is 0 Å². The number of nitrogens with zero attached hydrogens (tertiary/aromatic N) is 3. The molecule has 1 aromatic heterocycles. The van der Waals surface area contributed by atoms with Crippen molar-refractivity contribution in [3.05, 3.63) is 11.9 Å². The summed E-state index contributed by atoms with van der Waals surface area (Å²) in [5, 5.41) is 2.88. The fourth-order valence-electron chi connectivity index (χ4n) is 1.65. The minimum atomic E-state index is -0.0295. The van der Waals surface area contributed by atoms with Crippen molar-refractivity contribution in [2.24, 2.45) is 11.8 Å². The normalized spacial score (nSPS) is 10.9. The van der Waals surface area contributed by atoms with Gasteiger partial charge in [0.05, 0.1) is 6.54 Å². The van der Waals surface area contributed by atoms with Gasteiger partial charge in [-0.2, -0.15) is 0 Å². The molecule has 1 aromatic rings. The summed E-state index contributed by atoms with van der Waals surface area (Å²) in [4.78, 5) is 22.4. The molecule has 0 aliphatic rings. The topological polar surface area (TPSA) is 96.2 Å². The second-order valence-corrected chi connectivity index (χ2v) is 5.82. The maximum absolute atomic E-state index is 11.9. The molecule has 0 atom stereocenters. The number of nitrogen functional groups attached to an aromatic ring is 1. The highest BCUT2D eigenvalue weighted by Gasteiger charge is 2.13. The Balaban J connectivity index is 2.79. The molecule has 0 aliphatic carbocycles. The minimum Gasteiger partial charge on any atom is -0.354 e. The summed E-state index contributed by atoms with van der Waals surface area (Å²) < 4.78 is 0. The number of hydrogen-bond acceptors (Lipinski definition) is 6. The third kappa shape index (κ3) is 5.55. The summed E-state index contributed by atoms with van der Waals surface area (Å²) in [6.07, 6.45) is 0. The van der Waals surface area contributed by atoms with E-state index >= 15 is 0 Å². The Morgan fingerprint density at radius 3 is 2.52 bits per heavy atom. The molecule has 0 spiro atoms. The van der Waals surface area contributed by atoms with E-state index < -0.39 is 0 Å². The summed E-state index contributed by atoms with van der Waals surface area (Å²) in [6.45, 7) is 9.04. The first-order valence-electron chi connectivity index (χ1n) is 7.17. The van der Waals surface area contributed by atoms with Crippen LogP contribution in [0.5, 0.6) is 0 Å². The Kier molecular flexibility index (Phi) is 6.36. The van der Waals surface area contributed by atoms with E-state index in [1.807, 2.05) is 20.9 Å². The average Bonchev–Trinajstić information content (AvgIpc) is 2.44. The molecule has 7 heteroatoms. The van der Waals surface area contributed by atoms with Crippen LogP contribution in [0.2, 0.25) is 0 Å². The largest absolute Gasteiger partial charge is 0.354 e. The van der Waals surface area contributed by atoms with Gasteiger partial charge >= 0.3 is 0 Å². The van der Waals surface area contributed by atoms with Crippen molar-refractivity contribution in [2.45, 2.75) is 33.6 Å². The van der Waals surface area contributed by atoms with Gasteiger partial charge in [0.1, 0.15) is 17.5 Å². The minimum absolute atomic E-state index is 0.0295. The zero-order chi connectivity index (χ0) is 16.0. The van der Waals surface area contributed by atoms with Gasteiger partial charge in [-0.05, 0) is 5.92 Å². The van der Waals surface area contributed by atoms with Crippen LogP contribution in [-0.2, 0) is 4.79 Å². The standard InChI is InChI=1S/C14H26N6O/c1-9(2)7-16-13(21)8-20(5)12-6-11(19-15)17-14(18-12)10(3)4/h6,9-10H,7-8,15H2,1-5H3,(H,16,21)(H,17,18,19). The van der Waals surface area contributed by atoms with E-state index in [1.165, 1.54) is 0 Å². The van der Waals surface area contributed by atoms with Crippen LogP contribution in [-0.4, -0.2) is 36.0 Å². The number of aromatic nitrogens is 2. The Hall–Kier alpha value is -1.89. The SMILES string of the molecule is CC(C)CNC(=O)CN(C)c1cc(NN)nc(C(C)C)n1. The molecule has 7 nitrogen and oxygen atoms in total. The van der Waals surface area contributed by atoms with Crippen LogP contribution in [0.15, 0.2) is 6.07 Å². The van der Waals surface area contributed by atoms with Gasteiger partial charge in [-0.25, -0.2) is 15.8 Å². The summed E-state index contributed by atoms with van der Waals surface area (Å²) >= 11 is 0. The van der Waals surface area contributed by atoms with Crippen molar-refractivity contribution < 1.29 is 4.79 Å². The van der Waals surface area contributed by atoms with Crippen molar-refractivity contribution in [1.82, 2.24) is 15.3 Å². The fourth-order valence-corrected chi connectivity index (χ4v) is 1.65. The number of hydrazine groups is 1. The van der Waals surface area contributed by atoms with Crippen LogP contribution >= 0.6 is 0 Å². The molecule has 0 saturated carbocycles. The predicted molar refractivity (Wildman–Crippen MR) is 85.0 cm³/mol. The van der Waals surface area contributed by atoms with Crippen LogP contribution in [0.3, 0.4) is 0 Å². The van der Waals surface area contributed by atoms with Gasteiger partial charge in [0, 0.05) is 25.6 Å². The lowest BCUT2D eigenvalue weighted by molar-refractivity contribution is -0.119. The molecule has 0 aromatic carbocycles. The highest BCUT2D eigenvalue weighted by Crippen LogP contribution is 2.18. The Morgan fingerprint density at radius 2 is 2.00 bits per heavy atom. The van der Waals surface area contributed by atoms with Crippen molar-refractivity contribution in [1.29, 1.82) is 0 Å². The Bertz CT molecular complexity index is 475. The number of carbonyl (C=O) groups is 1. The number of hydrogen-bond donors (Lipinski definition) is 3. The maximum atomic E-state index is 11.9. The number of rotatable bonds is 7. The first-order chi connectivity index (χ1) is 9.83. The highest BCUT2D eigenvalue weighted by atomic mass is 16.2. The molecule has 1 heterocycles. The molecule has 0 unspecified atom stereocenters. The van der Waals surface area contributed by atoms with Crippen LogP contribution < -0.4 is 21.5 Å². The lowest BCUT2D eigenvalue weighted by Crippen LogP contribution is -2.37. The first kappa shape index (κ1) is 17.2. The number of nitrogens with one attached hydrogen (secondary N) is 2. The van der Waals surface area contributed by atoms with E-state index in [2.05, 4.69) is 34.6 Å². The molecule has 0 radical (unpaired) electrons. The van der Waals surface area contributed by atoms with E-state index in [1.54, 1.807) is 11.0 Å². The van der Waals surface area contributed by atoms with Crippen LogP contribution in [0, 0.1) is 5.92 Å². The summed E-state index contributed by atoms with van der Waals surface area (Å²) in [5.41, 5.74) is 2.53. The van der Waals surface area contributed by atoms with Crippen molar-refractivity contribution in [3.63, 3.8) is 0 Å². The zero-order valence-corrected chi connectivity index (χ0v) is 13.5. The van der Waals surface area contributed by atoms with E-state index in [-0.39, 0.29) is 18.4 Å². The van der Waals surface area contributed by atoms with Crippen LogP contribution in [0.25, 0.3) is 0 Å². The molecule has 0 saturated heterocycles. The number of anilines is 2. The van der Waals surface area contributed by atoms with Gasteiger partial charge in [0.2, 0.25) is 5.91 Å². The zero-order valence-electron chi connectivity index (χ0n) is 13.5. The van der Waals surface area contributed by atoms with Gasteiger partial charge in [0.25, 0.3) is 0 Å². The third-order valence-electron chi connectivity index (χ3n) is 2.87. The molecule has 0 bridgehead atoms. The highest BCUT2D eigenvalue weighted by molar-refractivity contribution is 5.81. The fraction of sp³-hybridized carbons (Fsp3) is 0.643. The molecule has 1 amide bonds. The predicted octanol–water partition coefficient (Wildman–Crippen LogP) is 1.09.